The van der Waals surface area contributed by atoms with Gasteiger partial charge in [0.15, 0.2) is 0 Å². The number of carbonyl (C=O) groups is 2. The molecule has 17 heavy (non-hydrogen) atoms. The van der Waals surface area contributed by atoms with Gasteiger partial charge in [-0.3, -0.25) is 9.59 Å². The van der Waals surface area contributed by atoms with Gasteiger partial charge < -0.3 is 16.4 Å². The normalized spacial score (nSPS) is 10.0. The Morgan fingerprint density at radius 3 is 2.47 bits per heavy atom. The minimum absolute atomic E-state index is 0.102. The van der Waals surface area contributed by atoms with E-state index in [2.05, 4.69) is 0 Å². The predicted octanol–water partition coefficient (Wildman–Crippen LogP) is 0.355. The van der Waals surface area contributed by atoms with Gasteiger partial charge in [-0.25, -0.2) is 4.39 Å². The lowest BCUT2D eigenvalue weighted by Crippen LogP contribution is -2.38. The van der Waals surface area contributed by atoms with Gasteiger partial charge in [-0.1, -0.05) is 0 Å². The molecule has 1 rings (SSSR count). The molecule has 6 heteroatoms. The molecule has 4 N–H and O–H groups in total. The zero-order chi connectivity index (χ0) is 13.0. The van der Waals surface area contributed by atoms with Crippen molar-refractivity contribution in [1.82, 2.24) is 4.90 Å². The Labute approximate surface area is 98.2 Å². The average molecular weight is 239 g/mol. The Morgan fingerprint density at radius 1 is 1.35 bits per heavy atom. The van der Waals surface area contributed by atoms with E-state index in [9.17, 15) is 14.0 Å². The van der Waals surface area contributed by atoms with Crippen molar-refractivity contribution in [3.63, 3.8) is 0 Å². The maximum atomic E-state index is 13.1. The van der Waals surface area contributed by atoms with Gasteiger partial charge in [0.2, 0.25) is 5.91 Å². The number of hydrogen-bond acceptors (Lipinski definition) is 3. The summed E-state index contributed by atoms with van der Waals surface area (Å²) in [5.74, 6) is -1.69. The van der Waals surface area contributed by atoms with E-state index in [4.69, 9.17) is 11.5 Å². The molecule has 5 nitrogen and oxygen atoms in total. The first-order valence-corrected chi connectivity index (χ1v) is 5.07. The molecule has 0 radical (unpaired) electrons. The second-order valence-corrected chi connectivity index (χ2v) is 3.56. The third-order valence-electron chi connectivity index (χ3n) is 2.18. The van der Waals surface area contributed by atoms with E-state index < -0.39 is 17.6 Å². The van der Waals surface area contributed by atoms with Gasteiger partial charge in [-0.05, 0) is 25.1 Å². The molecule has 0 fully saturated rings. The lowest BCUT2D eigenvalue weighted by atomic mass is 10.1. The number of halogens is 1. The van der Waals surface area contributed by atoms with E-state index >= 15 is 0 Å². The predicted molar refractivity (Wildman–Crippen MR) is 61.6 cm³/mol. The van der Waals surface area contributed by atoms with Crippen molar-refractivity contribution in [3.05, 3.63) is 29.6 Å². The summed E-state index contributed by atoms with van der Waals surface area (Å²) in [5, 5.41) is 0. The molecule has 0 aliphatic heterocycles. The van der Waals surface area contributed by atoms with E-state index in [0.717, 1.165) is 12.1 Å². The quantitative estimate of drug-likeness (QED) is 0.743. The van der Waals surface area contributed by atoms with Gasteiger partial charge in [0.05, 0.1) is 6.54 Å². The lowest BCUT2D eigenvalue weighted by Gasteiger charge is -2.19. The van der Waals surface area contributed by atoms with Crippen LogP contribution in [0.1, 0.15) is 17.3 Å². The van der Waals surface area contributed by atoms with Gasteiger partial charge >= 0.3 is 0 Å². The number of likely N-dealkylation sites (N-methyl/N-ethyl adjacent to an activating group) is 1. The maximum absolute atomic E-state index is 13.1. The molecule has 0 spiro atoms. The molecule has 0 heterocycles. The highest BCUT2D eigenvalue weighted by molar-refractivity contribution is 5.97. The van der Waals surface area contributed by atoms with E-state index in [1.54, 1.807) is 6.92 Å². The van der Waals surface area contributed by atoms with Crippen LogP contribution in [0.25, 0.3) is 0 Å². The molecule has 0 aliphatic carbocycles. The molecular weight excluding hydrogens is 225 g/mol. The highest BCUT2D eigenvalue weighted by Gasteiger charge is 2.17. The van der Waals surface area contributed by atoms with Crippen molar-refractivity contribution in [2.45, 2.75) is 6.92 Å². The topological polar surface area (TPSA) is 89.4 Å². The van der Waals surface area contributed by atoms with Crippen LogP contribution in [0.15, 0.2) is 18.2 Å². The summed E-state index contributed by atoms with van der Waals surface area (Å²) in [6, 6.07) is 3.54. The summed E-state index contributed by atoms with van der Waals surface area (Å²) in [6.45, 7) is 1.80. The zero-order valence-electron chi connectivity index (χ0n) is 9.44. The number of rotatable bonds is 4. The van der Waals surface area contributed by atoms with Crippen molar-refractivity contribution < 1.29 is 14.0 Å². The van der Waals surface area contributed by atoms with Crippen molar-refractivity contribution >= 4 is 17.5 Å². The van der Waals surface area contributed by atoms with Crippen LogP contribution in [0.3, 0.4) is 0 Å². The Morgan fingerprint density at radius 2 is 2.00 bits per heavy atom. The van der Waals surface area contributed by atoms with Crippen molar-refractivity contribution in [3.8, 4) is 0 Å². The first kappa shape index (κ1) is 13.0. The number of nitrogen functional groups attached to an aromatic ring is 1. The smallest absolute Gasteiger partial charge is 0.254 e. The van der Waals surface area contributed by atoms with Gasteiger partial charge in [0, 0.05) is 17.8 Å². The first-order valence-electron chi connectivity index (χ1n) is 5.07. The third kappa shape index (κ3) is 3.44. The summed E-state index contributed by atoms with van der Waals surface area (Å²) in [7, 11) is 0. The Hall–Kier alpha value is -2.11. The summed E-state index contributed by atoms with van der Waals surface area (Å²) in [4.78, 5) is 23.9. The molecule has 2 amide bonds. The number of nitrogens with two attached hydrogens (primary N) is 2. The first-order chi connectivity index (χ1) is 7.93. The van der Waals surface area contributed by atoms with Gasteiger partial charge in [-0.15, -0.1) is 0 Å². The summed E-state index contributed by atoms with van der Waals surface area (Å²) >= 11 is 0. The molecule has 0 atom stereocenters. The van der Waals surface area contributed by atoms with Crippen LogP contribution in [-0.4, -0.2) is 29.8 Å². The number of benzene rings is 1. The fourth-order valence-electron chi connectivity index (χ4n) is 1.43. The number of carbonyl (C=O) groups excluding carboxylic acids is 2. The summed E-state index contributed by atoms with van der Waals surface area (Å²) in [5.41, 5.74) is 10.7. The molecule has 0 aromatic heterocycles. The Kier molecular flexibility index (Phi) is 4.03. The van der Waals surface area contributed by atoms with Crippen LogP contribution in [0, 0.1) is 5.82 Å². The second kappa shape index (κ2) is 5.29. The molecule has 1 aromatic rings. The minimum atomic E-state index is -0.621. The highest BCUT2D eigenvalue weighted by atomic mass is 19.1. The minimum Gasteiger partial charge on any atom is -0.399 e. The van der Waals surface area contributed by atoms with E-state index in [1.165, 1.54) is 11.0 Å². The molecule has 0 aliphatic rings. The fourth-order valence-corrected chi connectivity index (χ4v) is 1.43. The van der Waals surface area contributed by atoms with Crippen LogP contribution in [-0.2, 0) is 4.79 Å². The van der Waals surface area contributed by atoms with E-state index in [1.807, 2.05) is 0 Å². The monoisotopic (exact) mass is 239 g/mol. The average Bonchev–Trinajstić information content (AvgIpc) is 2.23. The molecular formula is C11H14FN3O2. The highest BCUT2D eigenvalue weighted by Crippen LogP contribution is 2.12. The van der Waals surface area contributed by atoms with Crippen molar-refractivity contribution in [2.24, 2.45) is 5.73 Å². The van der Waals surface area contributed by atoms with Gasteiger partial charge in [0.1, 0.15) is 5.82 Å². The molecule has 0 saturated heterocycles. The fraction of sp³-hybridized carbons (Fsp3) is 0.273. The zero-order valence-corrected chi connectivity index (χ0v) is 9.44. The molecule has 0 saturated carbocycles. The number of anilines is 1. The SMILES string of the molecule is CCN(CC(N)=O)C(=O)c1cc(N)cc(F)c1. The third-order valence-corrected chi connectivity index (χ3v) is 2.18. The Balaban J connectivity index is 2.97. The second-order valence-electron chi connectivity index (χ2n) is 3.56. The van der Waals surface area contributed by atoms with Crippen molar-refractivity contribution in [2.75, 3.05) is 18.8 Å². The number of nitrogens with zero attached hydrogens (tertiary/aromatic N) is 1. The van der Waals surface area contributed by atoms with Crippen LogP contribution in [0.2, 0.25) is 0 Å². The van der Waals surface area contributed by atoms with E-state index in [-0.39, 0.29) is 17.8 Å². The van der Waals surface area contributed by atoms with Crippen LogP contribution in [0.5, 0.6) is 0 Å². The summed E-state index contributed by atoms with van der Waals surface area (Å²) < 4.78 is 13.1. The van der Waals surface area contributed by atoms with Gasteiger partial charge in [-0.2, -0.15) is 0 Å². The maximum Gasteiger partial charge on any atom is 0.254 e. The number of primary amides is 1. The Bertz CT molecular complexity index is 428. The summed E-state index contributed by atoms with van der Waals surface area (Å²) in [6.07, 6.45) is 0. The van der Waals surface area contributed by atoms with Crippen LogP contribution >= 0.6 is 0 Å². The van der Waals surface area contributed by atoms with Gasteiger partial charge in [0.25, 0.3) is 5.91 Å². The van der Waals surface area contributed by atoms with Crippen molar-refractivity contribution in [1.29, 1.82) is 0 Å². The van der Waals surface area contributed by atoms with Crippen LogP contribution in [0.4, 0.5) is 10.1 Å². The standard InChI is InChI=1S/C11H14FN3O2/c1-2-15(6-10(14)16)11(17)7-3-8(12)5-9(13)4-7/h3-5H,2,6,13H2,1H3,(H2,14,16). The molecule has 92 valence electrons. The number of amides is 2. The molecule has 0 unspecified atom stereocenters. The van der Waals surface area contributed by atoms with E-state index in [0.29, 0.717) is 6.54 Å². The number of hydrogen-bond donors (Lipinski definition) is 2. The van der Waals surface area contributed by atoms with Crippen LogP contribution < -0.4 is 11.5 Å². The molecule has 1 aromatic carbocycles. The lowest BCUT2D eigenvalue weighted by molar-refractivity contribution is -0.118. The largest absolute Gasteiger partial charge is 0.399 e. The molecule has 0 bridgehead atoms.